The molecule has 0 spiro atoms. The minimum Gasteiger partial charge on any atom is -0.387 e. The number of benzene rings is 2. The molecule has 0 radical (unpaired) electrons. The molecule has 7 heteroatoms. The molecule has 0 saturated heterocycles. The van der Waals surface area contributed by atoms with Crippen molar-refractivity contribution >= 4 is 23.4 Å². The highest BCUT2D eigenvalue weighted by molar-refractivity contribution is 6.35. The molecule has 1 heterocycles. The number of rotatable bonds is 5. The average Bonchev–Trinajstić information content (AvgIpc) is 2.98. The van der Waals surface area contributed by atoms with Crippen molar-refractivity contribution in [2.24, 2.45) is 0 Å². The van der Waals surface area contributed by atoms with Crippen LogP contribution >= 0.6 is 0 Å². The van der Waals surface area contributed by atoms with E-state index in [0.717, 1.165) is 5.69 Å². The number of aliphatic hydroxyl groups is 1. The Morgan fingerprint density at radius 2 is 1.68 bits per heavy atom. The van der Waals surface area contributed by atoms with Crippen molar-refractivity contribution in [2.75, 3.05) is 11.4 Å². The van der Waals surface area contributed by atoms with Crippen LogP contribution in [-0.2, 0) is 14.4 Å². The van der Waals surface area contributed by atoms with Crippen LogP contribution in [-0.4, -0.2) is 35.4 Å². The standard InChI is InChI=1S/C21H23N3O4/c1-13(2)24-16-11-7-6-10-15(16)18(21(24)28)23-20(27)19(26)22-12-17(25)14-8-4-3-5-9-14/h3-11,13,17-18,25H,12H2,1-2H3,(H,22,26)(H,23,27). The molecule has 1 aliphatic rings. The summed E-state index contributed by atoms with van der Waals surface area (Å²) < 4.78 is 0. The summed E-state index contributed by atoms with van der Waals surface area (Å²) in [5, 5.41) is 15.0. The Bertz CT molecular complexity index is 882. The predicted molar refractivity (Wildman–Crippen MR) is 104 cm³/mol. The first-order valence-corrected chi connectivity index (χ1v) is 9.14. The fourth-order valence-corrected chi connectivity index (χ4v) is 3.27. The first kappa shape index (κ1) is 19.6. The Hall–Kier alpha value is -3.19. The molecule has 146 valence electrons. The van der Waals surface area contributed by atoms with Crippen LogP contribution in [0.5, 0.6) is 0 Å². The molecule has 1 aliphatic heterocycles. The highest BCUT2D eigenvalue weighted by atomic mass is 16.3. The minimum absolute atomic E-state index is 0.0783. The Kier molecular flexibility index (Phi) is 5.75. The van der Waals surface area contributed by atoms with Crippen LogP contribution in [0.3, 0.4) is 0 Å². The van der Waals surface area contributed by atoms with E-state index in [4.69, 9.17) is 0 Å². The van der Waals surface area contributed by atoms with Crippen LogP contribution in [0.25, 0.3) is 0 Å². The maximum atomic E-state index is 12.8. The van der Waals surface area contributed by atoms with Crippen LogP contribution in [0, 0.1) is 0 Å². The molecular weight excluding hydrogens is 358 g/mol. The summed E-state index contributed by atoms with van der Waals surface area (Å²) in [5.74, 6) is -2.09. The third-order valence-electron chi connectivity index (χ3n) is 4.63. The van der Waals surface area contributed by atoms with Gasteiger partial charge in [-0.1, -0.05) is 48.5 Å². The summed E-state index contributed by atoms with van der Waals surface area (Å²) in [4.78, 5) is 38.8. The molecule has 7 nitrogen and oxygen atoms in total. The zero-order valence-corrected chi connectivity index (χ0v) is 15.8. The largest absolute Gasteiger partial charge is 0.387 e. The van der Waals surface area contributed by atoms with Crippen molar-refractivity contribution in [1.29, 1.82) is 0 Å². The summed E-state index contributed by atoms with van der Waals surface area (Å²) in [6.07, 6.45) is -0.928. The molecule has 0 fully saturated rings. The van der Waals surface area contributed by atoms with E-state index in [1.807, 2.05) is 32.0 Å². The van der Waals surface area contributed by atoms with Crippen LogP contribution in [0.1, 0.15) is 37.1 Å². The normalized spacial score (nSPS) is 16.6. The van der Waals surface area contributed by atoms with Crippen molar-refractivity contribution in [1.82, 2.24) is 10.6 Å². The number of fused-ring (bicyclic) bond motifs is 1. The van der Waals surface area contributed by atoms with Gasteiger partial charge in [0.2, 0.25) is 0 Å². The SMILES string of the molecule is CC(C)N1C(=O)C(NC(=O)C(=O)NCC(O)c2ccccc2)c2ccccc21. The van der Waals surface area contributed by atoms with Crippen LogP contribution in [0.2, 0.25) is 0 Å². The van der Waals surface area contributed by atoms with E-state index in [1.54, 1.807) is 41.3 Å². The zero-order chi connectivity index (χ0) is 20.3. The Morgan fingerprint density at radius 3 is 2.36 bits per heavy atom. The topological polar surface area (TPSA) is 98.7 Å². The van der Waals surface area contributed by atoms with Crippen molar-refractivity contribution in [3.05, 3.63) is 65.7 Å². The van der Waals surface area contributed by atoms with Gasteiger partial charge < -0.3 is 20.6 Å². The van der Waals surface area contributed by atoms with Crippen LogP contribution < -0.4 is 15.5 Å². The van der Waals surface area contributed by atoms with Crippen molar-refractivity contribution in [3.63, 3.8) is 0 Å². The molecule has 2 aromatic carbocycles. The molecule has 0 aliphatic carbocycles. The number of amides is 3. The van der Waals surface area contributed by atoms with Gasteiger partial charge >= 0.3 is 11.8 Å². The Balaban J connectivity index is 1.64. The lowest BCUT2D eigenvalue weighted by molar-refractivity contribution is -0.140. The Labute approximate surface area is 163 Å². The van der Waals surface area contributed by atoms with Gasteiger partial charge in [0, 0.05) is 23.8 Å². The first-order valence-electron chi connectivity index (χ1n) is 9.14. The maximum absolute atomic E-state index is 12.8. The van der Waals surface area contributed by atoms with E-state index >= 15 is 0 Å². The van der Waals surface area contributed by atoms with Gasteiger partial charge in [0.25, 0.3) is 5.91 Å². The van der Waals surface area contributed by atoms with Gasteiger partial charge in [-0.2, -0.15) is 0 Å². The van der Waals surface area contributed by atoms with Crippen molar-refractivity contribution < 1.29 is 19.5 Å². The van der Waals surface area contributed by atoms with Gasteiger partial charge in [0.1, 0.15) is 6.04 Å². The number of anilines is 1. The molecular formula is C21H23N3O4. The second-order valence-electron chi connectivity index (χ2n) is 6.90. The predicted octanol–water partition coefficient (Wildman–Crippen LogP) is 1.45. The fraction of sp³-hybridized carbons (Fsp3) is 0.286. The number of aliphatic hydroxyl groups excluding tert-OH is 1. The molecule has 2 atom stereocenters. The van der Waals surface area contributed by atoms with Gasteiger partial charge in [0.05, 0.1) is 6.10 Å². The minimum atomic E-state index is -0.928. The highest BCUT2D eigenvalue weighted by Crippen LogP contribution is 2.36. The molecule has 2 aromatic rings. The smallest absolute Gasteiger partial charge is 0.310 e. The van der Waals surface area contributed by atoms with Crippen LogP contribution in [0.15, 0.2) is 54.6 Å². The summed E-state index contributed by atoms with van der Waals surface area (Å²) in [5.41, 5.74) is 2.02. The zero-order valence-electron chi connectivity index (χ0n) is 15.8. The molecule has 0 aromatic heterocycles. The van der Waals surface area contributed by atoms with E-state index in [-0.39, 0.29) is 18.5 Å². The van der Waals surface area contributed by atoms with Gasteiger partial charge in [0.15, 0.2) is 0 Å². The van der Waals surface area contributed by atoms with E-state index < -0.39 is 24.0 Å². The second kappa shape index (κ2) is 8.22. The van der Waals surface area contributed by atoms with E-state index in [0.29, 0.717) is 11.1 Å². The van der Waals surface area contributed by atoms with Crippen LogP contribution in [0.4, 0.5) is 5.69 Å². The first-order chi connectivity index (χ1) is 13.4. The molecule has 0 saturated carbocycles. The lowest BCUT2D eigenvalue weighted by Gasteiger charge is -2.22. The lowest BCUT2D eigenvalue weighted by Crippen LogP contribution is -2.46. The summed E-state index contributed by atoms with van der Waals surface area (Å²) in [6.45, 7) is 3.66. The number of hydrogen-bond donors (Lipinski definition) is 3. The molecule has 3 amide bonds. The van der Waals surface area contributed by atoms with Gasteiger partial charge in [-0.3, -0.25) is 14.4 Å². The fourth-order valence-electron chi connectivity index (χ4n) is 3.27. The number of nitrogens with zero attached hydrogens (tertiary/aromatic N) is 1. The third kappa shape index (κ3) is 3.89. The number of carbonyl (C=O) groups is 3. The quantitative estimate of drug-likeness (QED) is 0.683. The summed E-state index contributed by atoms with van der Waals surface area (Å²) in [6, 6.07) is 15.0. The van der Waals surface area contributed by atoms with Crippen molar-refractivity contribution in [2.45, 2.75) is 32.0 Å². The monoisotopic (exact) mass is 381 g/mol. The van der Waals surface area contributed by atoms with Crippen molar-refractivity contribution in [3.8, 4) is 0 Å². The molecule has 28 heavy (non-hydrogen) atoms. The molecule has 0 bridgehead atoms. The molecule has 3 rings (SSSR count). The van der Waals surface area contributed by atoms with E-state index in [1.165, 1.54) is 0 Å². The highest BCUT2D eigenvalue weighted by Gasteiger charge is 2.39. The molecule has 3 N–H and O–H groups in total. The number of nitrogens with one attached hydrogen (secondary N) is 2. The second-order valence-corrected chi connectivity index (χ2v) is 6.90. The maximum Gasteiger partial charge on any atom is 0.310 e. The van der Waals surface area contributed by atoms with Gasteiger partial charge in [-0.05, 0) is 25.5 Å². The number of carbonyl (C=O) groups excluding carboxylic acids is 3. The summed E-state index contributed by atoms with van der Waals surface area (Å²) in [7, 11) is 0. The number of hydrogen-bond acceptors (Lipinski definition) is 4. The van der Waals surface area contributed by atoms with E-state index in [2.05, 4.69) is 10.6 Å². The third-order valence-corrected chi connectivity index (χ3v) is 4.63. The van der Waals surface area contributed by atoms with Gasteiger partial charge in [-0.15, -0.1) is 0 Å². The Morgan fingerprint density at radius 1 is 1.04 bits per heavy atom. The lowest BCUT2D eigenvalue weighted by atomic mass is 10.1. The average molecular weight is 381 g/mol. The summed E-state index contributed by atoms with van der Waals surface area (Å²) >= 11 is 0. The number of para-hydroxylation sites is 1. The van der Waals surface area contributed by atoms with E-state index in [9.17, 15) is 19.5 Å². The van der Waals surface area contributed by atoms with Gasteiger partial charge in [-0.25, -0.2) is 0 Å². The molecule has 2 unspecified atom stereocenters.